The molecular weight excluding hydrogens is 188 g/mol. The van der Waals surface area contributed by atoms with Gasteiger partial charge in [-0.05, 0) is 26.2 Å². The van der Waals surface area contributed by atoms with E-state index in [1.54, 1.807) is 0 Å². The van der Waals surface area contributed by atoms with E-state index in [9.17, 15) is 0 Å². The molecule has 1 aliphatic heterocycles. The van der Waals surface area contributed by atoms with Crippen LogP contribution in [0.15, 0.2) is 0 Å². The molecule has 2 nitrogen and oxygen atoms in total. The highest BCUT2D eigenvalue weighted by Gasteiger charge is 2.35. The third-order valence-corrected chi connectivity index (χ3v) is 3.81. The van der Waals surface area contributed by atoms with Crippen LogP contribution in [-0.4, -0.2) is 24.4 Å². The molecule has 1 aliphatic carbocycles. The second-order valence-electron chi connectivity index (χ2n) is 5.34. The van der Waals surface area contributed by atoms with Crippen molar-refractivity contribution >= 4 is 0 Å². The topological polar surface area (TPSA) is 21.8 Å². The van der Waals surface area contributed by atoms with Gasteiger partial charge in [0.1, 0.15) is 0 Å². The van der Waals surface area contributed by atoms with Gasteiger partial charge in [0, 0.05) is 6.42 Å². The van der Waals surface area contributed by atoms with Gasteiger partial charge in [-0.2, -0.15) is 0 Å². The summed E-state index contributed by atoms with van der Waals surface area (Å²) in [5, 5.41) is 0. The van der Waals surface area contributed by atoms with E-state index in [1.807, 2.05) is 0 Å². The van der Waals surface area contributed by atoms with Gasteiger partial charge in [-0.3, -0.25) is 0 Å². The first kappa shape index (κ1) is 11.4. The molecule has 0 spiro atoms. The molecule has 2 atom stereocenters. The molecule has 0 aromatic carbocycles. The van der Waals surface area contributed by atoms with E-state index in [4.69, 9.17) is 9.47 Å². The van der Waals surface area contributed by atoms with Crippen molar-refractivity contribution in [2.45, 2.75) is 76.6 Å². The lowest BCUT2D eigenvalue weighted by Gasteiger charge is -2.35. The molecule has 0 bridgehead atoms. The summed E-state index contributed by atoms with van der Waals surface area (Å²) in [7, 11) is 0. The molecule has 0 aromatic rings. The van der Waals surface area contributed by atoms with Gasteiger partial charge in [0.05, 0.1) is 24.4 Å². The van der Waals surface area contributed by atoms with E-state index in [0.717, 1.165) is 19.4 Å². The Balaban J connectivity index is 1.81. The van der Waals surface area contributed by atoms with E-state index in [2.05, 4.69) is 13.8 Å². The second-order valence-corrected chi connectivity index (χ2v) is 5.34. The first-order valence-corrected chi connectivity index (χ1v) is 6.51. The number of hydrogen-bond acceptors (Lipinski definition) is 2. The Morgan fingerprint density at radius 3 is 2.47 bits per heavy atom. The van der Waals surface area contributed by atoms with Crippen LogP contribution in [0.4, 0.5) is 0 Å². The van der Waals surface area contributed by atoms with Crippen molar-refractivity contribution in [3.8, 4) is 0 Å². The fourth-order valence-electron chi connectivity index (χ4n) is 2.53. The minimum atomic E-state index is 0.0587. The minimum absolute atomic E-state index is 0.0587. The third-order valence-electron chi connectivity index (χ3n) is 3.81. The van der Waals surface area contributed by atoms with Gasteiger partial charge in [0.2, 0.25) is 0 Å². The lowest BCUT2D eigenvalue weighted by Crippen LogP contribution is -2.35. The molecule has 2 heteroatoms. The SMILES string of the molecule is CCC(C)(CC1CO1)OC1CCCCC1. The standard InChI is InChI=1S/C13H24O2/c1-3-13(2,9-12-10-14-12)15-11-7-5-4-6-8-11/h11-12H,3-10H2,1-2H3. The van der Waals surface area contributed by atoms with Crippen LogP contribution in [0, 0.1) is 0 Å². The maximum absolute atomic E-state index is 6.30. The molecule has 1 heterocycles. The number of ether oxygens (including phenoxy) is 2. The van der Waals surface area contributed by atoms with Crippen molar-refractivity contribution in [2.75, 3.05) is 6.61 Å². The lowest BCUT2D eigenvalue weighted by molar-refractivity contribution is -0.104. The molecule has 88 valence electrons. The lowest BCUT2D eigenvalue weighted by atomic mass is 9.93. The Hall–Kier alpha value is -0.0800. The monoisotopic (exact) mass is 212 g/mol. The van der Waals surface area contributed by atoms with Gasteiger partial charge in [-0.25, -0.2) is 0 Å². The quantitative estimate of drug-likeness (QED) is 0.652. The molecule has 2 rings (SSSR count). The number of hydrogen-bond donors (Lipinski definition) is 0. The maximum atomic E-state index is 6.30. The zero-order valence-electron chi connectivity index (χ0n) is 10.1. The normalized spacial score (nSPS) is 31.2. The smallest absolute Gasteiger partial charge is 0.0837 e. The van der Waals surface area contributed by atoms with E-state index < -0.39 is 0 Å². The van der Waals surface area contributed by atoms with Gasteiger partial charge in [-0.15, -0.1) is 0 Å². The molecule has 1 saturated carbocycles. The van der Waals surface area contributed by atoms with E-state index in [-0.39, 0.29) is 5.60 Å². The summed E-state index contributed by atoms with van der Waals surface area (Å²) in [6, 6.07) is 0. The summed E-state index contributed by atoms with van der Waals surface area (Å²) in [5.74, 6) is 0. The number of rotatable bonds is 5. The molecule has 0 amide bonds. The molecule has 2 aliphatic rings. The predicted molar refractivity (Wildman–Crippen MR) is 61.0 cm³/mol. The second kappa shape index (κ2) is 4.84. The van der Waals surface area contributed by atoms with Crippen molar-refractivity contribution in [1.29, 1.82) is 0 Å². The van der Waals surface area contributed by atoms with Crippen LogP contribution in [0.2, 0.25) is 0 Å². The van der Waals surface area contributed by atoms with Crippen molar-refractivity contribution in [2.24, 2.45) is 0 Å². The highest BCUT2D eigenvalue weighted by atomic mass is 16.6. The minimum Gasteiger partial charge on any atom is -0.373 e. The van der Waals surface area contributed by atoms with Gasteiger partial charge >= 0.3 is 0 Å². The van der Waals surface area contributed by atoms with Crippen LogP contribution >= 0.6 is 0 Å². The van der Waals surface area contributed by atoms with Crippen molar-refractivity contribution < 1.29 is 9.47 Å². The van der Waals surface area contributed by atoms with Crippen LogP contribution < -0.4 is 0 Å². The highest BCUT2D eigenvalue weighted by molar-refractivity contribution is 4.85. The van der Waals surface area contributed by atoms with Crippen LogP contribution in [0.1, 0.15) is 58.8 Å². The number of epoxide rings is 1. The van der Waals surface area contributed by atoms with Gasteiger partial charge in [-0.1, -0.05) is 26.2 Å². The van der Waals surface area contributed by atoms with Gasteiger partial charge in [0.15, 0.2) is 0 Å². The summed E-state index contributed by atoms with van der Waals surface area (Å²) in [5.41, 5.74) is 0.0587. The summed E-state index contributed by atoms with van der Waals surface area (Å²) in [6.45, 7) is 5.43. The summed E-state index contributed by atoms with van der Waals surface area (Å²) < 4.78 is 11.6. The average Bonchev–Trinajstić information content (AvgIpc) is 3.03. The van der Waals surface area contributed by atoms with Gasteiger partial charge in [0.25, 0.3) is 0 Å². The molecule has 2 fully saturated rings. The molecular formula is C13H24O2. The first-order valence-electron chi connectivity index (χ1n) is 6.51. The molecule has 0 radical (unpaired) electrons. The summed E-state index contributed by atoms with van der Waals surface area (Å²) in [6.07, 6.45) is 9.82. The van der Waals surface area contributed by atoms with Crippen LogP contribution in [-0.2, 0) is 9.47 Å². The maximum Gasteiger partial charge on any atom is 0.0837 e. The highest BCUT2D eigenvalue weighted by Crippen LogP contribution is 2.32. The zero-order chi connectivity index (χ0) is 10.7. The molecule has 2 unspecified atom stereocenters. The first-order chi connectivity index (χ1) is 7.22. The van der Waals surface area contributed by atoms with Crippen LogP contribution in [0.3, 0.4) is 0 Å². The van der Waals surface area contributed by atoms with Crippen molar-refractivity contribution in [3.05, 3.63) is 0 Å². The van der Waals surface area contributed by atoms with Crippen LogP contribution in [0.25, 0.3) is 0 Å². The summed E-state index contributed by atoms with van der Waals surface area (Å²) in [4.78, 5) is 0. The Labute approximate surface area is 93.3 Å². The average molecular weight is 212 g/mol. The Morgan fingerprint density at radius 1 is 1.27 bits per heavy atom. The molecule has 1 saturated heterocycles. The Bertz CT molecular complexity index is 195. The van der Waals surface area contributed by atoms with E-state index >= 15 is 0 Å². The summed E-state index contributed by atoms with van der Waals surface area (Å²) >= 11 is 0. The van der Waals surface area contributed by atoms with E-state index in [1.165, 1.54) is 32.1 Å². The van der Waals surface area contributed by atoms with Gasteiger partial charge < -0.3 is 9.47 Å². The largest absolute Gasteiger partial charge is 0.373 e. The fraction of sp³-hybridized carbons (Fsp3) is 1.00. The van der Waals surface area contributed by atoms with E-state index in [0.29, 0.717) is 12.2 Å². The van der Waals surface area contributed by atoms with Crippen molar-refractivity contribution in [1.82, 2.24) is 0 Å². The van der Waals surface area contributed by atoms with Crippen molar-refractivity contribution in [3.63, 3.8) is 0 Å². The fourth-order valence-corrected chi connectivity index (χ4v) is 2.53. The third kappa shape index (κ3) is 3.46. The predicted octanol–water partition coefficient (Wildman–Crippen LogP) is 3.29. The zero-order valence-corrected chi connectivity index (χ0v) is 10.1. The van der Waals surface area contributed by atoms with Crippen LogP contribution in [0.5, 0.6) is 0 Å². The molecule has 0 aromatic heterocycles. The Kier molecular flexibility index (Phi) is 3.68. The molecule has 15 heavy (non-hydrogen) atoms. The molecule has 0 N–H and O–H groups in total. The Morgan fingerprint density at radius 2 is 1.93 bits per heavy atom.